The van der Waals surface area contributed by atoms with Crippen LogP contribution in [0.15, 0.2) is 18.2 Å². The molecule has 1 fully saturated rings. The van der Waals surface area contributed by atoms with Gasteiger partial charge in [0.25, 0.3) is 0 Å². The molecule has 1 aromatic carbocycles. The van der Waals surface area contributed by atoms with E-state index >= 15 is 0 Å². The zero-order chi connectivity index (χ0) is 16.6. The quantitative estimate of drug-likeness (QED) is 0.837. The monoisotopic (exact) mass is 313 g/mol. The van der Waals surface area contributed by atoms with Crippen LogP contribution in [0.3, 0.4) is 0 Å². The number of aryl methyl sites for hydroxylation is 1. The van der Waals surface area contributed by atoms with Gasteiger partial charge in [-0.2, -0.15) is 0 Å². The number of Topliss-reactive ketones (excluding diaryl/α,β-unsaturated/α-hetero) is 1. The zero-order valence-electron chi connectivity index (χ0n) is 15.1. The van der Waals surface area contributed by atoms with E-state index in [0.717, 1.165) is 12.8 Å². The summed E-state index contributed by atoms with van der Waals surface area (Å²) in [6.45, 7) is 8.81. The van der Waals surface area contributed by atoms with Crippen LogP contribution in [0.4, 0.5) is 5.69 Å². The van der Waals surface area contributed by atoms with Crippen molar-refractivity contribution in [3.8, 4) is 0 Å². The summed E-state index contributed by atoms with van der Waals surface area (Å²) in [6, 6.07) is 7.36. The predicted octanol–water partition coefficient (Wildman–Crippen LogP) is 5.11. The molecule has 1 N–H and O–H groups in total. The fourth-order valence-electron chi connectivity index (χ4n) is 5.08. The van der Waals surface area contributed by atoms with E-state index in [2.05, 4.69) is 44.3 Å². The van der Waals surface area contributed by atoms with E-state index in [4.69, 9.17) is 0 Å². The summed E-state index contributed by atoms with van der Waals surface area (Å²) in [5, 5.41) is 3.55. The van der Waals surface area contributed by atoms with Crippen LogP contribution in [0.25, 0.3) is 0 Å². The van der Waals surface area contributed by atoms with Gasteiger partial charge in [0.1, 0.15) is 5.78 Å². The lowest BCUT2D eigenvalue weighted by Crippen LogP contribution is -2.46. The first kappa shape index (κ1) is 16.5. The summed E-state index contributed by atoms with van der Waals surface area (Å²) in [4.78, 5) is 12.5. The predicted molar refractivity (Wildman–Crippen MR) is 97.0 cm³/mol. The standard InChI is InChI=1S/C21H31NO/c1-5-20(23)17-7-6-12-21(4)18(17)11-9-15-8-10-16(13-19(15)21)22-14(2)3/h8,10,13-14,17-18,22H,5-7,9,11-12H2,1-4H3. The van der Waals surface area contributed by atoms with Crippen molar-refractivity contribution in [2.24, 2.45) is 11.8 Å². The molecule has 2 aliphatic carbocycles. The Labute approximate surface area is 141 Å². The van der Waals surface area contributed by atoms with Gasteiger partial charge < -0.3 is 5.32 Å². The van der Waals surface area contributed by atoms with Crippen molar-refractivity contribution >= 4 is 11.5 Å². The van der Waals surface area contributed by atoms with Crippen molar-refractivity contribution < 1.29 is 4.79 Å². The highest BCUT2D eigenvalue weighted by Gasteiger charge is 2.47. The van der Waals surface area contributed by atoms with Crippen LogP contribution in [-0.2, 0) is 16.6 Å². The number of fused-ring (bicyclic) bond motifs is 3. The minimum Gasteiger partial charge on any atom is -0.383 e. The highest BCUT2D eigenvalue weighted by Crippen LogP contribution is 2.53. The number of benzene rings is 1. The normalized spacial score (nSPS) is 29.8. The first-order chi connectivity index (χ1) is 11.0. The third-order valence-electron chi connectivity index (χ3n) is 6.18. The molecule has 3 unspecified atom stereocenters. The molecule has 126 valence electrons. The Bertz CT molecular complexity index is 592. The van der Waals surface area contributed by atoms with Crippen molar-refractivity contribution in [1.29, 1.82) is 0 Å². The summed E-state index contributed by atoms with van der Waals surface area (Å²) in [6.07, 6.45) is 6.52. The zero-order valence-corrected chi connectivity index (χ0v) is 15.1. The molecule has 2 nitrogen and oxygen atoms in total. The molecule has 3 rings (SSSR count). The molecule has 0 radical (unpaired) electrons. The van der Waals surface area contributed by atoms with Crippen LogP contribution in [0.5, 0.6) is 0 Å². The fourth-order valence-corrected chi connectivity index (χ4v) is 5.08. The van der Waals surface area contributed by atoms with Gasteiger partial charge in [-0.1, -0.05) is 26.3 Å². The average Bonchev–Trinajstić information content (AvgIpc) is 2.53. The lowest BCUT2D eigenvalue weighted by atomic mass is 9.54. The Hall–Kier alpha value is -1.31. The van der Waals surface area contributed by atoms with Crippen LogP contribution >= 0.6 is 0 Å². The number of carbonyl (C=O) groups excluding carboxylic acids is 1. The van der Waals surface area contributed by atoms with Gasteiger partial charge in [-0.15, -0.1) is 0 Å². The Morgan fingerprint density at radius 1 is 1.35 bits per heavy atom. The molecule has 2 aliphatic rings. The molecule has 2 heteroatoms. The summed E-state index contributed by atoms with van der Waals surface area (Å²) in [5.74, 6) is 1.31. The van der Waals surface area contributed by atoms with Crippen LogP contribution in [0, 0.1) is 11.8 Å². The third-order valence-corrected chi connectivity index (χ3v) is 6.18. The molecule has 0 aromatic heterocycles. The maximum Gasteiger partial charge on any atom is 0.136 e. The van der Waals surface area contributed by atoms with E-state index in [-0.39, 0.29) is 11.3 Å². The lowest BCUT2D eigenvalue weighted by Gasteiger charge is -2.50. The molecule has 1 saturated carbocycles. The van der Waals surface area contributed by atoms with Gasteiger partial charge in [0, 0.05) is 24.1 Å². The van der Waals surface area contributed by atoms with E-state index in [1.54, 1.807) is 0 Å². The maximum absolute atomic E-state index is 12.5. The molecule has 3 atom stereocenters. The smallest absolute Gasteiger partial charge is 0.136 e. The molecule has 23 heavy (non-hydrogen) atoms. The van der Waals surface area contributed by atoms with E-state index < -0.39 is 0 Å². The van der Waals surface area contributed by atoms with Gasteiger partial charge in [-0.05, 0) is 74.1 Å². The minimum absolute atomic E-state index is 0.177. The van der Waals surface area contributed by atoms with Crippen molar-refractivity contribution in [3.63, 3.8) is 0 Å². The van der Waals surface area contributed by atoms with Gasteiger partial charge in [0.05, 0.1) is 0 Å². The van der Waals surface area contributed by atoms with E-state index in [1.165, 1.54) is 36.1 Å². The Balaban J connectivity index is 1.98. The number of anilines is 1. The molecule has 0 amide bonds. The highest BCUT2D eigenvalue weighted by atomic mass is 16.1. The number of carbonyl (C=O) groups is 1. The van der Waals surface area contributed by atoms with Gasteiger partial charge in [0.2, 0.25) is 0 Å². The fraction of sp³-hybridized carbons (Fsp3) is 0.667. The van der Waals surface area contributed by atoms with Crippen molar-refractivity contribution in [3.05, 3.63) is 29.3 Å². The minimum atomic E-state index is 0.177. The summed E-state index contributed by atoms with van der Waals surface area (Å²) >= 11 is 0. The molecule has 0 aliphatic heterocycles. The largest absolute Gasteiger partial charge is 0.383 e. The van der Waals surface area contributed by atoms with Crippen molar-refractivity contribution in [2.45, 2.75) is 77.7 Å². The van der Waals surface area contributed by atoms with Gasteiger partial charge >= 0.3 is 0 Å². The first-order valence-corrected chi connectivity index (χ1v) is 9.38. The van der Waals surface area contributed by atoms with E-state index in [0.29, 0.717) is 24.2 Å². The number of nitrogens with one attached hydrogen (secondary N) is 1. The Kier molecular flexibility index (Phi) is 4.53. The number of ketones is 1. The van der Waals surface area contributed by atoms with Gasteiger partial charge in [-0.25, -0.2) is 0 Å². The molecule has 0 heterocycles. The second-order valence-electron chi connectivity index (χ2n) is 8.05. The van der Waals surface area contributed by atoms with Crippen LogP contribution in [0.2, 0.25) is 0 Å². The average molecular weight is 313 g/mol. The number of hydrogen-bond acceptors (Lipinski definition) is 2. The van der Waals surface area contributed by atoms with E-state index in [1.807, 2.05) is 6.92 Å². The molecule has 0 saturated heterocycles. The molecular weight excluding hydrogens is 282 g/mol. The van der Waals surface area contributed by atoms with Crippen LogP contribution < -0.4 is 5.32 Å². The Morgan fingerprint density at radius 3 is 2.83 bits per heavy atom. The molecule has 0 bridgehead atoms. The van der Waals surface area contributed by atoms with Gasteiger partial charge in [-0.3, -0.25) is 4.79 Å². The number of rotatable bonds is 4. The lowest BCUT2D eigenvalue weighted by molar-refractivity contribution is -0.127. The topological polar surface area (TPSA) is 29.1 Å². The second kappa shape index (κ2) is 6.30. The SMILES string of the molecule is CCC(=O)C1CCCC2(C)c3cc(NC(C)C)ccc3CCC12. The number of hydrogen-bond donors (Lipinski definition) is 1. The van der Waals surface area contributed by atoms with E-state index in [9.17, 15) is 4.79 Å². The molecule has 1 aromatic rings. The summed E-state index contributed by atoms with van der Waals surface area (Å²) < 4.78 is 0. The van der Waals surface area contributed by atoms with Crippen molar-refractivity contribution in [2.75, 3.05) is 5.32 Å². The third kappa shape index (κ3) is 2.93. The van der Waals surface area contributed by atoms with Crippen LogP contribution in [0.1, 0.15) is 70.9 Å². The summed E-state index contributed by atoms with van der Waals surface area (Å²) in [7, 11) is 0. The molecule has 0 spiro atoms. The maximum atomic E-state index is 12.5. The Morgan fingerprint density at radius 2 is 2.13 bits per heavy atom. The first-order valence-electron chi connectivity index (χ1n) is 9.38. The molecular formula is C21H31NO. The summed E-state index contributed by atoms with van der Waals surface area (Å²) in [5.41, 5.74) is 4.41. The van der Waals surface area contributed by atoms with Crippen molar-refractivity contribution in [1.82, 2.24) is 0 Å². The van der Waals surface area contributed by atoms with Gasteiger partial charge in [0.15, 0.2) is 0 Å². The van der Waals surface area contributed by atoms with Crippen LogP contribution in [-0.4, -0.2) is 11.8 Å². The second-order valence-corrected chi connectivity index (χ2v) is 8.05. The highest BCUT2D eigenvalue weighted by molar-refractivity contribution is 5.81.